The zero-order chi connectivity index (χ0) is 16.6. The lowest BCUT2D eigenvalue weighted by Crippen LogP contribution is -2.14. The lowest BCUT2D eigenvalue weighted by Gasteiger charge is -2.08. The predicted octanol–water partition coefficient (Wildman–Crippen LogP) is 4.38. The molecule has 0 saturated carbocycles. The number of carbonyl (C=O) groups is 1. The molecule has 3 rings (SSSR count). The van der Waals surface area contributed by atoms with Crippen LogP contribution in [0.5, 0.6) is 0 Å². The summed E-state index contributed by atoms with van der Waals surface area (Å²) < 4.78 is 15.4. The number of fused-ring (bicyclic) bond motifs is 1. The molecule has 0 fully saturated rings. The second-order valence-corrected chi connectivity index (χ2v) is 6.16. The first-order valence-corrected chi connectivity index (χ1v) is 7.70. The van der Waals surface area contributed by atoms with Crippen LogP contribution in [0.25, 0.3) is 22.2 Å². The zero-order valence-electron chi connectivity index (χ0n) is 13.5. The molecule has 0 saturated heterocycles. The van der Waals surface area contributed by atoms with Crippen molar-refractivity contribution in [2.45, 2.75) is 27.3 Å². The van der Waals surface area contributed by atoms with E-state index in [1.807, 2.05) is 42.8 Å². The Morgan fingerprint density at radius 1 is 1.22 bits per heavy atom. The first kappa shape index (κ1) is 15.4. The Labute approximate surface area is 134 Å². The van der Waals surface area contributed by atoms with Crippen LogP contribution in [0.1, 0.15) is 19.4 Å². The maximum atomic E-state index is 13.4. The molecule has 2 aromatic heterocycles. The van der Waals surface area contributed by atoms with Crippen molar-refractivity contribution in [3.63, 3.8) is 0 Å². The van der Waals surface area contributed by atoms with Crippen LogP contribution in [-0.4, -0.2) is 15.3 Å². The summed E-state index contributed by atoms with van der Waals surface area (Å²) in [6, 6.07) is 8.93. The summed E-state index contributed by atoms with van der Waals surface area (Å²) >= 11 is 0. The van der Waals surface area contributed by atoms with Gasteiger partial charge in [0.15, 0.2) is 5.78 Å². The summed E-state index contributed by atoms with van der Waals surface area (Å²) in [7, 11) is 0. The van der Waals surface area contributed by atoms with E-state index in [1.54, 1.807) is 19.2 Å². The van der Waals surface area contributed by atoms with E-state index in [2.05, 4.69) is 4.98 Å². The third-order valence-corrected chi connectivity index (χ3v) is 4.08. The minimum Gasteiger partial charge on any atom is -0.339 e. The molecule has 0 amide bonds. The second kappa shape index (κ2) is 5.95. The normalized spacial score (nSPS) is 11.3. The fourth-order valence-electron chi connectivity index (χ4n) is 2.53. The molecule has 0 aliphatic rings. The minimum atomic E-state index is -0.214. The van der Waals surface area contributed by atoms with Crippen molar-refractivity contribution in [2.75, 3.05) is 0 Å². The molecule has 0 atom stereocenters. The number of ketones is 1. The van der Waals surface area contributed by atoms with E-state index in [4.69, 9.17) is 0 Å². The number of aryl methyl sites for hydroxylation is 1. The first-order chi connectivity index (χ1) is 11.0. The summed E-state index contributed by atoms with van der Waals surface area (Å²) in [5.74, 6) is -0.0254. The third kappa shape index (κ3) is 3.02. The highest BCUT2D eigenvalue weighted by Gasteiger charge is 2.11. The molecule has 1 aromatic carbocycles. The van der Waals surface area contributed by atoms with Crippen LogP contribution in [0.2, 0.25) is 0 Å². The van der Waals surface area contributed by atoms with Crippen molar-refractivity contribution in [3.05, 3.63) is 54.1 Å². The van der Waals surface area contributed by atoms with E-state index >= 15 is 0 Å². The van der Waals surface area contributed by atoms with E-state index in [1.165, 1.54) is 6.07 Å². The van der Waals surface area contributed by atoms with Gasteiger partial charge in [-0.1, -0.05) is 19.9 Å². The topological polar surface area (TPSA) is 34.9 Å². The molecule has 3 aromatic rings. The lowest BCUT2D eigenvalue weighted by atomic mass is 10.0. The molecular weight excluding hydrogens is 291 g/mol. The highest BCUT2D eigenvalue weighted by atomic mass is 19.1. The Bertz CT molecular complexity index is 880. The van der Waals surface area contributed by atoms with Gasteiger partial charge >= 0.3 is 0 Å². The van der Waals surface area contributed by atoms with E-state index in [-0.39, 0.29) is 17.5 Å². The summed E-state index contributed by atoms with van der Waals surface area (Å²) in [4.78, 5) is 16.5. The largest absolute Gasteiger partial charge is 0.339 e. The number of halogens is 1. The van der Waals surface area contributed by atoms with Crippen molar-refractivity contribution in [1.82, 2.24) is 9.55 Å². The van der Waals surface area contributed by atoms with Crippen LogP contribution >= 0.6 is 0 Å². The monoisotopic (exact) mass is 310 g/mol. The number of pyridine rings is 1. The number of Topliss-reactive ketones (excluding diaryl/α,β-unsaturated/α-hetero) is 1. The minimum absolute atomic E-state index is 0.00309. The highest BCUT2D eigenvalue weighted by molar-refractivity contribution is 5.85. The van der Waals surface area contributed by atoms with Gasteiger partial charge in [-0.15, -0.1) is 0 Å². The number of nitrogens with zero attached hydrogens (tertiary/aromatic N) is 2. The molecule has 0 N–H and O–H groups in total. The Morgan fingerprint density at radius 2 is 2.00 bits per heavy atom. The van der Waals surface area contributed by atoms with Crippen LogP contribution in [0.4, 0.5) is 4.39 Å². The summed E-state index contributed by atoms with van der Waals surface area (Å²) in [6.45, 7) is 5.89. The van der Waals surface area contributed by atoms with Crippen LogP contribution < -0.4 is 0 Å². The van der Waals surface area contributed by atoms with Crippen LogP contribution in [0, 0.1) is 18.7 Å². The van der Waals surface area contributed by atoms with Gasteiger partial charge < -0.3 is 4.57 Å². The molecule has 0 unspecified atom stereocenters. The molecule has 0 aliphatic heterocycles. The van der Waals surface area contributed by atoms with E-state index < -0.39 is 0 Å². The number of benzene rings is 1. The number of hydrogen-bond acceptors (Lipinski definition) is 2. The van der Waals surface area contributed by atoms with Crippen molar-refractivity contribution in [3.8, 4) is 11.1 Å². The fraction of sp³-hybridized carbons (Fsp3) is 0.263. The van der Waals surface area contributed by atoms with Gasteiger partial charge in [-0.25, -0.2) is 4.39 Å². The lowest BCUT2D eigenvalue weighted by molar-refractivity contribution is -0.122. The standard InChI is InChI=1S/C19H19FN2O/c1-12(2)19(23)11-22-7-6-17-18(22)9-15(10-21-17)14-4-5-16(20)13(3)8-14/h4-10,12H,11H2,1-3H3. The Kier molecular flexibility index (Phi) is 3.99. The molecule has 4 heteroatoms. The molecule has 118 valence electrons. The average Bonchev–Trinajstić information content (AvgIpc) is 2.92. The van der Waals surface area contributed by atoms with Crippen molar-refractivity contribution >= 4 is 16.8 Å². The molecule has 0 aliphatic carbocycles. The summed E-state index contributed by atoms with van der Waals surface area (Å²) in [6.07, 6.45) is 3.67. The van der Waals surface area contributed by atoms with Crippen LogP contribution in [-0.2, 0) is 11.3 Å². The Hall–Kier alpha value is -2.49. The molecule has 0 spiro atoms. The fourth-order valence-corrected chi connectivity index (χ4v) is 2.53. The number of rotatable bonds is 4. The summed E-state index contributed by atoms with van der Waals surface area (Å²) in [5, 5.41) is 0. The van der Waals surface area contributed by atoms with E-state index in [9.17, 15) is 9.18 Å². The third-order valence-electron chi connectivity index (χ3n) is 4.08. The van der Waals surface area contributed by atoms with Crippen molar-refractivity contribution < 1.29 is 9.18 Å². The highest BCUT2D eigenvalue weighted by Crippen LogP contribution is 2.25. The SMILES string of the molecule is Cc1cc(-c2cnc3ccn(CC(=O)C(C)C)c3c2)ccc1F. The quantitative estimate of drug-likeness (QED) is 0.717. The van der Waals surface area contributed by atoms with Crippen LogP contribution in [0.15, 0.2) is 42.7 Å². The van der Waals surface area contributed by atoms with E-state index in [0.717, 1.165) is 22.2 Å². The molecule has 23 heavy (non-hydrogen) atoms. The average molecular weight is 310 g/mol. The second-order valence-electron chi connectivity index (χ2n) is 6.16. The van der Waals surface area contributed by atoms with Gasteiger partial charge in [0.05, 0.1) is 17.6 Å². The van der Waals surface area contributed by atoms with Crippen molar-refractivity contribution in [2.24, 2.45) is 5.92 Å². The van der Waals surface area contributed by atoms with Gasteiger partial charge in [0.25, 0.3) is 0 Å². The van der Waals surface area contributed by atoms with Gasteiger partial charge in [0.1, 0.15) is 5.82 Å². The molecule has 2 heterocycles. The van der Waals surface area contributed by atoms with Gasteiger partial charge in [-0.05, 0) is 42.3 Å². The predicted molar refractivity (Wildman–Crippen MR) is 89.7 cm³/mol. The van der Waals surface area contributed by atoms with Gasteiger partial charge in [0, 0.05) is 23.9 Å². The number of carbonyl (C=O) groups excluding carboxylic acids is 1. The van der Waals surface area contributed by atoms with E-state index in [0.29, 0.717) is 12.1 Å². The van der Waals surface area contributed by atoms with Crippen LogP contribution in [0.3, 0.4) is 0 Å². The van der Waals surface area contributed by atoms with Gasteiger partial charge in [-0.2, -0.15) is 0 Å². The van der Waals surface area contributed by atoms with Gasteiger partial charge in [0.2, 0.25) is 0 Å². The van der Waals surface area contributed by atoms with Crippen molar-refractivity contribution in [1.29, 1.82) is 0 Å². The smallest absolute Gasteiger partial charge is 0.155 e. The molecular formula is C19H19FN2O. The summed E-state index contributed by atoms with van der Waals surface area (Å²) in [5.41, 5.74) is 4.20. The number of hydrogen-bond donors (Lipinski definition) is 0. The Morgan fingerprint density at radius 3 is 2.70 bits per heavy atom. The maximum Gasteiger partial charge on any atom is 0.155 e. The molecule has 0 bridgehead atoms. The maximum absolute atomic E-state index is 13.4. The Balaban J connectivity index is 2.03. The molecule has 3 nitrogen and oxygen atoms in total. The molecule has 0 radical (unpaired) electrons. The van der Waals surface area contributed by atoms with Gasteiger partial charge in [-0.3, -0.25) is 9.78 Å². The zero-order valence-corrected chi connectivity index (χ0v) is 13.5. The first-order valence-electron chi connectivity index (χ1n) is 7.70. The number of aromatic nitrogens is 2.